The predicted octanol–water partition coefficient (Wildman–Crippen LogP) is 2.25. The number of carbonyl (C=O) groups excluding carboxylic acids is 1. The molecule has 1 amide bonds. The van der Waals surface area contributed by atoms with Crippen molar-refractivity contribution in [3.8, 4) is 0 Å². The monoisotopic (exact) mass is 389 g/mol. The first-order valence-electron chi connectivity index (χ1n) is 8.44. The van der Waals surface area contributed by atoms with Crippen molar-refractivity contribution in [2.45, 2.75) is 18.2 Å². The van der Waals surface area contributed by atoms with Crippen molar-refractivity contribution in [1.29, 1.82) is 0 Å². The number of halogens is 1. The summed E-state index contributed by atoms with van der Waals surface area (Å²) >= 11 is 0. The molecule has 0 atom stereocenters. The van der Waals surface area contributed by atoms with Gasteiger partial charge in [0, 0.05) is 23.6 Å². The van der Waals surface area contributed by atoms with Crippen molar-refractivity contribution < 1.29 is 17.6 Å². The number of aromatic amines is 1. The van der Waals surface area contributed by atoms with Gasteiger partial charge in [-0.05, 0) is 48.7 Å². The lowest BCUT2D eigenvalue weighted by molar-refractivity contribution is -0.119. The van der Waals surface area contributed by atoms with Gasteiger partial charge in [-0.2, -0.15) is 0 Å². The molecule has 0 saturated carbocycles. The molecule has 3 rings (SSSR count). The van der Waals surface area contributed by atoms with E-state index in [0.29, 0.717) is 13.0 Å². The number of aryl methyl sites for hydroxylation is 1. The number of rotatable bonds is 7. The molecule has 3 aromatic rings. The number of sulfonamides is 1. The maximum absolute atomic E-state index is 13.3. The summed E-state index contributed by atoms with van der Waals surface area (Å²) in [6.45, 7) is 1.48. The topological polar surface area (TPSA) is 91.1 Å². The zero-order valence-electron chi connectivity index (χ0n) is 14.8. The average molecular weight is 389 g/mol. The highest BCUT2D eigenvalue weighted by atomic mass is 32.2. The molecule has 0 unspecified atom stereocenters. The Hall–Kier alpha value is -2.71. The quantitative estimate of drug-likeness (QED) is 0.579. The van der Waals surface area contributed by atoms with Gasteiger partial charge in [-0.1, -0.05) is 18.2 Å². The van der Waals surface area contributed by atoms with Crippen molar-refractivity contribution in [2.24, 2.45) is 0 Å². The van der Waals surface area contributed by atoms with Gasteiger partial charge in [0.15, 0.2) is 0 Å². The van der Waals surface area contributed by atoms with Crippen LogP contribution in [0.4, 0.5) is 4.39 Å². The normalized spacial score (nSPS) is 11.6. The molecule has 2 aromatic carbocycles. The summed E-state index contributed by atoms with van der Waals surface area (Å²) in [6, 6.07) is 11.4. The molecule has 0 bridgehead atoms. The average Bonchev–Trinajstić information content (AvgIpc) is 3.06. The van der Waals surface area contributed by atoms with Crippen LogP contribution in [0.1, 0.15) is 11.1 Å². The lowest BCUT2D eigenvalue weighted by Crippen LogP contribution is -2.37. The summed E-state index contributed by atoms with van der Waals surface area (Å²) in [6.07, 6.45) is 2.52. The van der Waals surface area contributed by atoms with E-state index < -0.39 is 21.7 Å². The number of nitrogens with one attached hydrogen (secondary N) is 3. The molecular formula is C19H20FN3O3S. The molecule has 1 heterocycles. The summed E-state index contributed by atoms with van der Waals surface area (Å²) in [5.74, 6) is -0.916. The van der Waals surface area contributed by atoms with Crippen LogP contribution in [0.2, 0.25) is 0 Å². The number of fused-ring (bicyclic) bond motifs is 1. The minimum Gasteiger partial charge on any atom is -0.361 e. The molecule has 8 heteroatoms. The van der Waals surface area contributed by atoms with E-state index in [2.05, 4.69) is 15.0 Å². The fraction of sp³-hybridized carbons (Fsp3) is 0.211. The van der Waals surface area contributed by atoms with Crippen molar-refractivity contribution >= 4 is 26.8 Å². The van der Waals surface area contributed by atoms with E-state index in [4.69, 9.17) is 0 Å². The molecule has 0 aliphatic heterocycles. The Kier molecular flexibility index (Phi) is 5.57. The van der Waals surface area contributed by atoms with Crippen LogP contribution in [-0.4, -0.2) is 32.4 Å². The smallest absolute Gasteiger partial charge is 0.241 e. The van der Waals surface area contributed by atoms with E-state index >= 15 is 0 Å². The van der Waals surface area contributed by atoms with E-state index in [1.807, 2.05) is 30.5 Å². The summed E-state index contributed by atoms with van der Waals surface area (Å²) in [7, 11) is -3.87. The van der Waals surface area contributed by atoms with Crippen LogP contribution in [0.25, 0.3) is 10.9 Å². The van der Waals surface area contributed by atoms with Crippen molar-refractivity contribution in [3.05, 3.63) is 65.6 Å². The first-order chi connectivity index (χ1) is 12.9. The number of H-pyrrole nitrogens is 1. The van der Waals surface area contributed by atoms with Crippen LogP contribution in [-0.2, 0) is 21.2 Å². The third kappa shape index (κ3) is 4.53. The predicted molar refractivity (Wildman–Crippen MR) is 101 cm³/mol. The van der Waals surface area contributed by atoms with Gasteiger partial charge in [-0.3, -0.25) is 4.79 Å². The molecule has 0 aliphatic rings. The van der Waals surface area contributed by atoms with Crippen LogP contribution < -0.4 is 10.0 Å². The third-order valence-electron chi connectivity index (χ3n) is 4.25. The Morgan fingerprint density at radius 1 is 1.19 bits per heavy atom. The third-order valence-corrected chi connectivity index (χ3v) is 5.65. The summed E-state index contributed by atoms with van der Waals surface area (Å²) < 4.78 is 39.9. The molecule has 142 valence electrons. The van der Waals surface area contributed by atoms with Crippen LogP contribution >= 0.6 is 0 Å². The summed E-state index contributed by atoms with van der Waals surface area (Å²) in [5, 5.41) is 3.79. The minimum atomic E-state index is -3.87. The SMILES string of the molecule is Cc1cc(S(=O)(=O)NCC(=O)NCCc2c[nH]c3ccccc23)ccc1F. The highest BCUT2D eigenvalue weighted by Crippen LogP contribution is 2.17. The van der Waals surface area contributed by atoms with Gasteiger partial charge in [0.25, 0.3) is 0 Å². The second-order valence-corrected chi connectivity index (χ2v) is 7.96. The van der Waals surface area contributed by atoms with Crippen molar-refractivity contribution in [2.75, 3.05) is 13.1 Å². The van der Waals surface area contributed by atoms with Gasteiger partial charge in [-0.25, -0.2) is 17.5 Å². The van der Waals surface area contributed by atoms with Crippen LogP contribution in [0.3, 0.4) is 0 Å². The molecule has 0 saturated heterocycles. The molecule has 3 N–H and O–H groups in total. The Balaban J connectivity index is 1.51. The van der Waals surface area contributed by atoms with E-state index in [0.717, 1.165) is 22.5 Å². The maximum atomic E-state index is 13.3. The first-order valence-corrected chi connectivity index (χ1v) is 9.92. The van der Waals surface area contributed by atoms with Crippen LogP contribution in [0.5, 0.6) is 0 Å². The Labute approximate surface area is 156 Å². The highest BCUT2D eigenvalue weighted by molar-refractivity contribution is 7.89. The number of hydrogen-bond donors (Lipinski definition) is 3. The second kappa shape index (κ2) is 7.89. The molecule has 0 spiro atoms. The first kappa shape index (κ1) is 19.1. The molecule has 6 nitrogen and oxygen atoms in total. The van der Waals surface area contributed by atoms with Crippen molar-refractivity contribution in [3.63, 3.8) is 0 Å². The number of aromatic nitrogens is 1. The largest absolute Gasteiger partial charge is 0.361 e. The fourth-order valence-corrected chi connectivity index (χ4v) is 3.83. The van der Waals surface area contributed by atoms with Crippen molar-refractivity contribution in [1.82, 2.24) is 15.0 Å². The summed E-state index contributed by atoms with van der Waals surface area (Å²) in [4.78, 5) is 15.0. The second-order valence-electron chi connectivity index (χ2n) is 6.19. The lowest BCUT2D eigenvalue weighted by Gasteiger charge is -2.08. The van der Waals surface area contributed by atoms with Gasteiger partial charge >= 0.3 is 0 Å². The Morgan fingerprint density at radius 2 is 1.96 bits per heavy atom. The number of hydrogen-bond acceptors (Lipinski definition) is 3. The molecule has 0 fully saturated rings. The number of amides is 1. The Morgan fingerprint density at radius 3 is 2.74 bits per heavy atom. The number of benzene rings is 2. The standard InChI is InChI=1S/C19H20FN3O3S/c1-13-10-15(6-7-17(13)20)27(25,26)23-12-19(24)21-9-8-14-11-22-18-5-3-2-4-16(14)18/h2-7,10-11,22-23H,8-9,12H2,1H3,(H,21,24). The van der Waals surface area contributed by atoms with E-state index in [1.54, 1.807) is 0 Å². The molecule has 0 radical (unpaired) electrons. The zero-order chi connectivity index (χ0) is 19.4. The van der Waals surface area contributed by atoms with Gasteiger partial charge in [0.1, 0.15) is 5.82 Å². The van der Waals surface area contributed by atoms with E-state index in [9.17, 15) is 17.6 Å². The Bertz CT molecular complexity index is 1080. The molecular weight excluding hydrogens is 369 g/mol. The van der Waals surface area contributed by atoms with E-state index in [-0.39, 0.29) is 17.0 Å². The van der Waals surface area contributed by atoms with Gasteiger partial charge in [0.2, 0.25) is 15.9 Å². The highest BCUT2D eigenvalue weighted by Gasteiger charge is 2.16. The molecule has 27 heavy (non-hydrogen) atoms. The maximum Gasteiger partial charge on any atom is 0.241 e. The van der Waals surface area contributed by atoms with Gasteiger partial charge < -0.3 is 10.3 Å². The molecule has 0 aliphatic carbocycles. The van der Waals surface area contributed by atoms with Gasteiger partial charge in [0.05, 0.1) is 11.4 Å². The lowest BCUT2D eigenvalue weighted by atomic mass is 10.1. The van der Waals surface area contributed by atoms with Crippen LogP contribution in [0, 0.1) is 12.7 Å². The number of carbonyl (C=O) groups is 1. The molecule has 1 aromatic heterocycles. The minimum absolute atomic E-state index is 0.0759. The van der Waals surface area contributed by atoms with E-state index in [1.165, 1.54) is 19.1 Å². The fourth-order valence-electron chi connectivity index (χ4n) is 2.77. The zero-order valence-corrected chi connectivity index (χ0v) is 15.6. The number of para-hydroxylation sites is 1. The van der Waals surface area contributed by atoms with Gasteiger partial charge in [-0.15, -0.1) is 0 Å². The summed E-state index contributed by atoms with van der Waals surface area (Å²) in [5.41, 5.74) is 2.33. The van der Waals surface area contributed by atoms with Crippen LogP contribution in [0.15, 0.2) is 53.6 Å².